The largest absolute Gasteiger partial charge is 0.457 e. The van der Waals surface area contributed by atoms with E-state index in [4.69, 9.17) is 4.74 Å². The first-order valence-electron chi connectivity index (χ1n) is 6.93. The van der Waals surface area contributed by atoms with Crippen LogP contribution in [0.25, 0.3) is 0 Å². The van der Waals surface area contributed by atoms with E-state index in [1.807, 2.05) is 31.2 Å². The van der Waals surface area contributed by atoms with E-state index >= 15 is 0 Å². The summed E-state index contributed by atoms with van der Waals surface area (Å²) < 4.78 is 19.2. The number of nitrogens with one attached hydrogen (secondary N) is 1. The van der Waals surface area contributed by atoms with Crippen LogP contribution in [-0.2, 0) is 6.54 Å². The second kappa shape index (κ2) is 7.06. The summed E-state index contributed by atoms with van der Waals surface area (Å²) >= 11 is 0. The van der Waals surface area contributed by atoms with Crippen LogP contribution in [0.2, 0.25) is 0 Å². The second-order valence-electron chi connectivity index (χ2n) is 4.80. The third-order valence-corrected chi connectivity index (χ3v) is 3.08. The molecule has 0 fully saturated rings. The Bertz CT molecular complexity index is 569. The van der Waals surface area contributed by atoms with Gasteiger partial charge in [-0.1, -0.05) is 31.2 Å². The van der Waals surface area contributed by atoms with Crippen molar-refractivity contribution in [2.45, 2.75) is 26.8 Å². The third kappa shape index (κ3) is 3.81. The summed E-state index contributed by atoms with van der Waals surface area (Å²) in [7, 11) is 0. The van der Waals surface area contributed by atoms with Crippen molar-refractivity contribution in [3.8, 4) is 11.5 Å². The van der Waals surface area contributed by atoms with Crippen molar-refractivity contribution in [2.75, 3.05) is 6.54 Å². The highest BCUT2D eigenvalue weighted by atomic mass is 19.1. The zero-order valence-electron chi connectivity index (χ0n) is 11.9. The zero-order chi connectivity index (χ0) is 14.4. The number of benzene rings is 2. The van der Waals surface area contributed by atoms with Gasteiger partial charge in [-0.15, -0.1) is 0 Å². The molecule has 0 amide bonds. The molecule has 0 unspecified atom stereocenters. The number of aryl methyl sites for hydroxylation is 1. The molecular weight excluding hydrogens is 253 g/mol. The Balaban J connectivity index is 2.18. The molecule has 0 saturated carbocycles. The molecule has 2 aromatic carbocycles. The molecule has 20 heavy (non-hydrogen) atoms. The monoisotopic (exact) mass is 273 g/mol. The summed E-state index contributed by atoms with van der Waals surface area (Å²) in [4.78, 5) is 0. The van der Waals surface area contributed by atoms with Crippen LogP contribution in [0.3, 0.4) is 0 Å². The van der Waals surface area contributed by atoms with Crippen LogP contribution in [0, 0.1) is 12.7 Å². The normalized spacial score (nSPS) is 10.6. The van der Waals surface area contributed by atoms with Gasteiger partial charge in [0, 0.05) is 18.2 Å². The van der Waals surface area contributed by atoms with E-state index in [9.17, 15) is 4.39 Å². The Morgan fingerprint density at radius 3 is 2.70 bits per heavy atom. The average Bonchev–Trinajstić information content (AvgIpc) is 2.45. The van der Waals surface area contributed by atoms with Gasteiger partial charge in [0.05, 0.1) is 0 Å². The lowest BCUT2D eigenvalue weighted by molar-refractivity contribution is 0.464. The van der Waals surface area contributed by atoms with E-state index in [0.29, 0.717) is 5.75 Å². The van der Waals surface area contributed by atoms with Gasteiger partial charge in [-0.25, -0.2) is 4.39 Å². The minimum absolute atomic E-state index is 0.285. The quantitative estimate of drug-likeness (QED) is 0.786. The van der Waals surface area contributed by atoms with Gasteiger partial charge in [0.15, 0.2) is 0 Å². The first-order chi connectivity index (χ1) is 9.70. The van der Waals surface area contributed by atoms with Crippen LogP contribution in [-0.4, -0.2) is 6.54 Å². The van der Waals surface area contributed by atoms with Crippen LogP contribution in [0.5, 0.6) is 11.5 Å². The molecule has 106 valence electrons. The first kappa shape index (κ1) is 14.5. The molecule has 0 aliphatic heterocycles. The maximum Gasteiger partial charge on any atom is 0.133 e. The predicted molar refractivity (Wildman–Crippen MR) is 79.7 cm³/mol. The van der Waals surface area contributed by atoms with Crippen molar-refractivity contribution in [2.24, 2.45) is 0 Å². The number of rotatable bonds is 6. The summed E-state index contributed by atoms with van der Waals surface area (Å²) in [5.41, 5.74) is 1.99. The van der Waals surface area contributed by atoms with Crippen LogP contribution < -0.4 is 10.1 Å². The van der Waals surface area contributed by atoms with Crippen LogP contribution >= 0.6 is 0 Å². The van der Waals surface area contributed by atoms with E-state index in [1.54, 1.807) is 6.07 Å². The highest BCUT2D eigenvalue weighted by Crippen LogP contribution is 2.28. The summed E-state index contributed by atoms with van der Waals surface area (Å²) in [6.45, 7) is 5.75. The summed E-state index contributed by atoms with van der Waals surface area (Å²) in [6.07, 6.45) is 1.09. The highest BCUT2D eigenvalue weighted by molar-refractivity contribution is 5.41. The fourth-order valence-corrected chi connectivity index (χ4v) is 1.95. The lowest BCUT2D eigenvalue weighted by Crippen LogP contribution is -2.14. The Hall–Kier alpha value is -1.87. The highest BCUT2D eigenvalue weighted by Gasteiger charge is 2.07. The molecule has 0 radical (unpaired) electrons. The maximum atomic E-state index is 13.3. The summed E-state index contributed by atoms with van der Waals surface area (Å²) in [5.74, 6) is 1.05. The molecule has 1 N–H and O–H groups in total. The van der Waals surface area contributed by atoms with E-state index in [1.165, 1.54) is 12.1 Å². The molecule has 0 spiro atoms. The van der Waals surface area contributed by atoms with Crippen LogP contribution in [0.15, 0.2) is 42.5 Å². The van der Waals surface area contributed by atoms with Gasteiger partial charge in [0.25, 0.3) is 0 Å². The summed E-state index contributed by atoms with van der Waals surface area (Å²) in [5, 5.41) is 3.35. The number of hydrogen-bond acceptors (Lipinski definition) is 2. The fraction of sp³-hybridized carbons (Fsp3) is 0.294. The van der Waals surface area contributed by atoms with E-state index in [2.05, 4.69) is 12.2 Å². The molecule has 2 aromatic rings. The van der Waals surface area contributed by atoms with Gasteiger partial charge in [-0.3, -0.25) is 0 Å². The number of ether oxygens (including phenoxy) is 1. The lowest BCUT2D eigenvalue weighted by atomic mass is 10.2. The molecule has 0 aliphatic rings. The van der Waals surface area contributed by atoms with Crippen molar-refractivity contribution in [1.82, 2.24) is 5.32 Å². The van der Waals surface area contributed by atoms with Gasteiger partial charge >= 0.3 is 0 Å². The average molecular weight is 273 g/mol. The number of para-hydroxylation sites is 1. The Labute approximate surface area is 119 Å². The zero-order valence-corrected chi connectivity index (χ0v) is 11.9. The van der Waals surface area contributed by atoms with Gasteiger partial charge in [0.2, 0.25) is 0 Å². The van der Waals surface area contributed by atoms with Crippen molar-refractivity contribution >= 4 is 0 Å². The third-order valence-electron chi connectivity index (χ3n) is 3.08. The first-order valence-corrected chi connectivity index (χ1v) is 6.93. The van der Waals surface area contributed by atoms with Crippen LogP contribution in [0.1, 0.15) is 24.5 Å². The SMILES string of the molecule is CCCNCc1ccccc1Oc1cc(F)ccc1C. The van der Waals surface area contributed by atoms with E-state index < -0.39 is 0 Å². The van der Waals surface area contributed by atoms with Crippen molar-refractivity contribution in [3.63, 3.8) is 0 Å². The summed E-state index contributed by atoms with van der Waals surface area (Å²) in [6, 6.07) is 12.4. The minimum atomic E-state index is -0.285. The number of halogens is 1. The topological polar surface area (TPSA) is 21.3 Å². The number of hydrogen-bond donors (Lipinski definition) is 1. The standard InChI is InChI=1S/C17H20FNO/c1-3-10-19-12-14-6-4-5-7-16(14)20-17-11-15(18)9-8-13(17)2/h4-9,11,19H,3,10,12H2,1-2H3. The molecule has 0 heterocycles. The van der Waals surface area contributed by atoms with Crippen LogP contribution in [0.4, 0.5) is 4.39 Å². The second-order valence-corrected chi connectivity index (χ2v) is 4.80. The fourth-order valence-electron chi connectivity index (χ4n) is 1.95. The molecule has 0 aliphatic carbocycles. The van der Waals surface area contributed by atoms with Gasteiger partial charge in [0.1, 0.15) is 17.3 Å². The van der Waals surface area contributed by atoms with E-state index in [0.717, 1.165) is 36.4 Å². The molecule has 0 saturated heterocycles. The molecule has 0 atom stereocenters. The van der Waals surface area contributed by atoms with Gasteiger partial charge < -0.3 is 10.1 Å². The smallest absolute Gasteiger partial charge is 0.133 e. The van der Waals surface area contributed by atoms with Crippen molar-refractivity contribution < 1.29 is 9.13 Å². The Morgan fingerprint density at radius 2 is 1.90 bits per heavy atom. The molecule has 2 nitrogen and oxygen atoms in total. The van der Waals surface area contributed by atoms with Crippen molar-refractivity contribution in [3.05, 3.63) is 59.4 Å². The maximum absolute atomic E-state index is 13.3. The molecule has 0 aromatic heterocycles. The van der Waals surface area contributed by atoms with Crippen molar-refractivity contribution in [1.29, 1.82) is 0 Å². The molecule has 3 heteroatoms. The van der Waals surface area contributed by atoms with E-state index in [-0.39, 0.29) is 5.82 Å². The molecule has 2 rings (SSSR count). The minimum Gasteiger partial charge on any atom is -0.457 e. The lowest BCUT2D eigenvalue weighted by Gasteiger charge is -2.13. The Kier molecular flexibility index (Phi) is 5.13. The Morgan fingerprint density at radius 1 is 1.10 bits per heavy atom. The predicted octanol–water partition coefficient (Wildman–Crippen LogP) is 4.43. The van der Waals surface area contributed by atoms with Gasteiger partial charge in [-0.2, -0.15) is 0 Å². The molecular formula is C17H20FNO. The van der Waals surface area contributed by atoms with Gasteiger partial charge in [-0.05, 0) is 37.6 Å². The molecule has 0 bridgehead atoms.